The number of nitrogens with one attached hydrogen (secondary N) is 1. The number of rotatable bonds is 6. The smallest absolute Gasteiger partial charge is 0.137 e. The van der Waals surface area contributed by atoms with E-state index in [2.05, 4.69) is 82.3 Å². The Morgan fingerprint density at radius 3 is 2.12 bits per heavy atom. The summed E-state index contributed by atoms with van der Waals surface area (Å²) < 4.78 is 11.8. The van der Waals surface area contributed by atoms with Crippen LogP contribution in [0.15, 0.2) is 54.6 Å². The van der Waals surface area contributed by atoms with Crippen molar-refractivity contribution in [1.82, 2.24) is 0 Å². The minimum atomic E-state index is -0.00990. The van der Waals surface area contributed by atoms with Gasteiger partial charge in [0.15, 0.2) is 0 Å². The van der Waals surface area contributed by atoms with Crippen LogP contribution in [0.1, 0.15) is 38.8 Å². The molecule has 1 N–H and O–H groups in total. The fraction of sp³-hybridized carbons (Fsp3) is 0.478. The maximum Gasteiger partial charge on any atom is 0.137 e. The van der Waals surface area contributed by atoms with Gasteiger partial charge in [-0.05, 0) is 37.1 Å². The summed E-state index contributed by atoms with van der Waals surface area (Å²) in [5.74, 6) is 0.950. The van der Waals surface area contributed by atoms with Gasteiger partial charge in [-0.2, -0.15) is 0 Å². The molecule has 0 amide bonds. The molecule has 1 unspecified atom stereocenters. The van der Waals surface area contributed by atoms with Gasteiger partial charge in [0.1, 0.15) is 44.2 Å². The molecule has 2 aromatic carbocycles. The Bertz CT molecular complexity index is 671. The van der Waals surface area contributed by atoms with Crippen molar-refractivity contribution >= 4 is 0 Å². The molecule has 1 heterocycles. The molecule has 1 aliphatic rings. The van der Waals surface area contributed by atoms with Gasteiger partial charge in [0.05, 0.1) is 0 Å². The summed E-state index contributed by atoms with van der Waals surface area (Å²) >= 11 is 0. The first-order valence-corrected chi connectivity index (χ1v) is 9.73. The molecule has 0 aliphatic carbocycles. The van der Waals surface area contributed by atoms with Gasteiger partial charge in [0, 0.05) is 5.41 Å². The van der Waals surface area contributed by atoms with E-state index >= 15 is 0 Å². The van der Waals surface area contributed by atoms with Crippen LogP contribution >= 0.6 is 0 Å². The van der Waals surface area contributed by atoms with E-state index in [-0.39, 0.29) is 5.41 Å². The number of quaternary nitrogens is 1. The highest BCUT2D eigenvalue weighted by Crippen LogP contribution is 2.32. The Labute approximate surface area is 157 Å². The zero-order valence-electron chi connectivity index (χ0n) is 16.5. The third kappa shape index (κ3) is 4.66. The number of ether oxygens (including phenoxy) is 2. The van der Waals surface area contributed by atoms with E-state index in [1.54, 1.807) is 4.90 Å². The van der Waals surface area contributed by atoms with Crippen LogP contribution in [0.4, 0.5) is 0 Å². The number of hydrogen-bond acceptors (Lipinski definition) is 2. The minimum absolute atomic E-state index is 0.00990. The first-order chi connectivity index (χ1) is 12.4. The topological polar surface area (TPSA) is 22.9 Å². The maximum absolute atomic E-state index is 5.99. The first-order valence-electron chi connectivity index (χ1n) is 9.73. The van der Waals surface area contributed by atoms with Crippen molar-refractivity contribution in [2.75, 3.05) is 26.2 Å². The fourth-order valence-electron chi connectivity index (χ4n) is 3.90. The highest BCUT2D eigenvalue weighted by Gasteiger charge is 2.25. The molecule has 140 valence electrons. The first kappa shape index (κ1) is 18.9. The van der Waals surface area contributed by atoms with Crippen LogP contribution in [0.25, 0.3) is 0 Å². The summed E-state index contributed by atoms with van der Waals surface area (Å²) in [4.78, 5) is 1.57. The molecular formula is C23H32NO2+. The van der Waals surface area contributed by atoms with Crippen molar-refractivity contribution in [2.24, 2.45) is 0 Å². The van der Waals surface area contributed by atoms with Crippen LogP contribution in [0.5, 0.6) is 5.75 Å². The van der Waals surface area contributed by atoms with E-state index in [1.165, 1.54) is 11.1 Å². The molecule has 0 saturated carbocycles. The summed E-state index contributed by atoms with van der Waals surface area (Å²) in [6.45, 7) is 12.7. The highest BCUT2D eigenvalue weighted by atomic mass is 16.5. The molecule has 1 saturated heterocycles. The monoisotopic (exact) mass is 354 g/mol. The zero-order valence-corrected chi connectivity index (χ0v) is 16.5. The van der Waals surface area contributed by atoms with Crippen LogP contribution in [0.3, 0.4) is 0 Å². The summed E-state index contributed by atoms with van der Waals surface area (Å²) in [5, 5.41) is 0. The van der Waals surface area contributed by atoms with Crippen molar-refractivity contribution in [1.29, 1.82) is 0 Å². The molecule has 0 aromatic heterocycles. The number of benzene rings is 2. The summed E-state index contributed by atoms with van der Waals surface area (Å²) in [7, 11) is 0. The van der Waals surface area contributed by atoms with Gasteiger partial charge >= 0.3 is 0 Å². The lowest BCUT2D eigenvalue weighted by molar-refractivity contribution is -0.915. The highest BCUT2D eigenvalue weighted by molar-refractivity contribution is 5.39. The molecule has 26 heavy (non-hydrogen) atoms. The van der Waals surface area contributed by atoms with Crippen molar-refractivity contribution in [3.63, 3.8) is 0 Å². The Hall–Kier alpha value is -1.84. The molecule has 2 aromatic rings. The average molecular weight is 355 g/mol. The van der Waals surface area contributed by atoms with Gasteiger partial charge in [0.2, 0.25) is 0 Å². The molecule has 1 aliphatic heterocycles. The summed E-state index contributed by atoms with van der Waals surface area (Å²) in [6.07, 6.45) is 0.682. The molecule has 0 spiro atoms. The lowest BCUT2D eigenvalue weighted by Crippen LogP contribution is -3.16. The molecule has 3 atom stereocenters. The molecular weight excluding hydrogens is 322 g/mol. The summed E-state index contributed by atoms with van der Waals surface area (Å²) in [6, 6.07) is 19.2. The summed E-state index contributed by atoms with van der Waals surface area (Å²) in [5.41, 5.74) is 2.62. The molecule has 3 nitrogen and oxygen atoms in total. The van der Waals surface area contributed by atoms with E-state index in [9.17, 15) is 0 Å². The van der Waals surface area contributed by atoms with Crippen LogP contribution in [-0.4, -0.2) is 38.4 Å². The molecule has 0 bridgehead atoms. The van der Waals surface area contributed by atoms with Crippen LogP contribution in [0, 0.1) is 0 Å². The Kier molecular flexibility index (Phi) is 6.00. The molecule has 3 heteroatoms. The lowest BCUT2D eigenvalue weighted by Gasteiger charge is -2.32. The number of morpholine rings is 1. The average Bonchev–Trinajstić information content (AvgIpc) is 2.62. The van der Waals surface area contributed by atoms with Gasteiger partial charge < -0.3 is 14.4 Å². The molecule has 0 radical (unpaired) electrons. The molecule has 1 fully saturated rings. The van der Waals surface area contributed by atoms with E-state index < -0.39 is 0 Å². The second-order valence-electron chi connectivity index (χ2n) is 8.03. The Morgan fingerprint density at radius 1 is 0.923 bits per heavy atom. The second kappa shape index (κ2) is 8.24. The largest absolute Gasteiger partial charge is 0.488 e. The van der Waals surface area contributed by atoms with Crippen LogP contribution < -0.4 is 9.64 Å². The van der Waals surface area contributed by atoms with Crippen molar-refractivity contribution < 1.29 is 14.4 Å². The lowest BCUT2D eigenvalue weighted by atomic mass is 9.78. The Morgan fingerprint density at radius 2 is 1.50 bits per heavy atom. The third-order valence-electron chi connectivity index (χ3n) is 5.41. The third-order valence-corrected chi connectivity index (χ3v) is 5.41. The fourth-order valence-corrected chi connectivity index (χ4v) is 3.90. The van der Waals surface area contributed by atoms with Gasteiger partial charge in [-0.1, -0.05) is 56.3 Å². The van der Waals surface area contributed by atoms with E-state index in [4.69, 9.17) is 9.47 Å². The standard InChI is InChI=1S/C23H31NO2/c1-18-16-24(17-19(2)26-18)14-15-25-22-12-10-21(11-13-22)23(3,4)20-8-6-5-7-9-20/h5-13,18-19H,14-17H2,1-4H3/p+1/t18-,19+. The second-order valence-corrected chi connectivity index (χ2v) is 8.03. The van der Waals surface area contributed by atoms with E-state index in [1.807, 2.05) is 0 Å². The molecule has 3 rings (SSSR count). The van der Waals surface area contributed by atoms with E-state index in [0.29, 0.717) is 12.2 Å². The van der Waals surface area contributed by atoms with Gasteiger partial charge in [-0.25, -0.2) is 0 Å². The quantitative estimate of drug-likeness (QED) is 0.861. The van der Waals surface area contributed by atoms with Crippen LogP contribution in [0.2, 0.25) is 0 Å². The van der Waals surface area contributed by atoms with Gasteiger partial charge in [-0.3, -0.25) is 0 Å². The van der Waals surface area contributed by atoms with Gasteiger partial charge in [0.25, 0.3) is 0 Å². The van der Waals surface area contributed by atoms with Gasteiger partial charge in [-0.15, -0.1) is 0 Å². The predicted molar refractivity (Wildman–Crippen MR) is 106 cm³/mol. The number of hydrogen-bond donors (Lipinski definition) is 1. The van der Waals surface area contributed by atoms with E-state index in [0.717, 1.165) is 32.0 Å². The van der Waals surface area contributed by atoms with Crippen molar-refractivity contribution in [2.45, 2.75) is 45.3 Å². The Balaban J connectivity index is 1.55. The maximum atomic E-state index is 5.99. The predicted octanol–water partition coefficient (Wildman–Crippen LogP) is 3.08. The minimum Gasteiger partial charge on any atom is -0.488 e. The van der Waals surface area contributed by atoms with Crippen molar-refractivity contribution in [3.05, 3.63) is 65.7 Å². The van der Waals surface area contributed by atoms with Crippen molar-refractivity contribution in [3.8, 4) is 5.75 Å². The zero-order chi connectivity index (χ0) is 18.6. The normalized spacial score (nSPS) is 23.6. The SMILES string of the molecule is C[C@@H]1C[NH+](CCOc2ccc(C(C)(C)c3ccccc3)cc2)C[C@H](C)O1. The van der Waals surface area contributed by atoms with Crippen LogP contribution in [-0.2, 0) is 10.2 Å².